The lowest BCUT2D eigenvalue weighted by Gasteiger charge is -2.19. The predicted molar refractivity (Wildman–Crippen MR) is 65.1 cm³/mol. The summed E-state index contributed by atoms with van der Waals surface area (Å²) in [6.45, 7) is 4.19. The molecule has 88 valence electrons. The number of benzene rings is 1. The van der Waals surface area contributed by atoms with Gasteiger partial charge in [-0.25, -0.2) is 4.79 Å². The molecule has 0 radical (unpaired) electrons. The molecule has 4 nitrogen and oxygen atoms in total. The van der Waals surface area contributed by atoms with Gasteiger partial charge in [0.1, 0.15) is 5.75 Å². The summed E-state index contributed by atoms with van der Waals surface area (Å²) < 4.78 is 5.20. The first-order valence-electron chi connectivity index (χ1n) is 5.18. The lowest BCUT2D eigenvalue weighted by Crippen LogP contribution is -2.32. The number of ether oxygens (including phenoxy) is 1. The Hall–Kier alpha value is -1.71. The summed E-state index contributed by atoms with van der Waals surface area (Å²) in [4.78, 5) is 12.5. The van der Waals surface area contributed by atoms with E-state index in [-0.39, 0.29) is 0 Å². The third kappa shape index (κ3) is 2.45. The molecule has 2 N–H and O–H groups in total. The number of primary amides is 1. The summed E-state index contributed by atoms with van der Waals surface area (Å²) in [5.41, 5.74) is 7.09. The van der Waals surface area contributed by atoms with E-state index in [2.05, 4.69) is 13.8 Å². The van der Waals surface area contributed by atoms with Gasteiger partial charge in [0, 0.05) is 7.05 Å². The van der Waals surface area contributed by atoms with E-state index >= 15 is 0 Å². The minimum Gasteiger partial charge on any atom is -0.495 e. The molecule has 0 heterocycles. The van der Waals surface area contributed by atoms with Gasteiger partial charge in [-0.3, -0.25) is 4.90 Å². The highest BCUT2D eigenvalue weighted by atomic mass is 16.5. The average molecular weight is 222 g/mol. The van der Waals surface area contributed by atoms with E-state index < -0.39 is 6.03 Å². The van der Waals surface area contributed by atoms with Crippen LogP contribution in [0.25, 0.3) is 0 Å². The SMILES string of the molecule is COc1ccc(C(C)C)cc1N(C)C(N)=O. The Bertz CT molecular complexity index is 389. The largest absolute Gasteiger partial charge is 0.495 e. The van der Waals surface area contributed by atoms with Crippen molar-refractivity contribution in [2.75, 3.05) is 19.1 Å². The topological polar surface area (TPSA) is 55.6 Å². The molecule has 0 aliphatic rings. The van der Waals surface area contributed by atoms with Crippen LogP contribution in [0.2, 0.25) is 0 Å². The summed E-state index contributed by atoms with van der Waals surface area (Å²) in [5.74, 6) is 1.04. The summed E-state index contributed by atoms with van der Waals surface area (Å²) in [6, 6.07) is 5.26. The van der Waals surface area contributed by atoms with Crippen LogP contribution in [0.3, 0.4) is 0 Å². The molecule has 0 aliphatic carbocycles. The molecule has 0 aromatic heterocycles. The third-order valence-electron chi connectivity index (χ3n) is 2.56. The zero-order chi connectivity index (χ0) is 12.3. The van der Waals surface area contributed by atoms with Gasteiger partial charge in [-0.2, -0.15) is 0 Å². The van der Waals surface area contributed by atoms with Crippen molar-refractivity contribution in [2.45, 2.75) is 19.8 Å². The number of carbonyl (C=O) groups excluding carboxylic acids is 1. The molecule has 0 bridgehead atoms. The van der Waals surface area contributed by atoms with E-state index in [4.69, 9.17) is 10.5 Å². The van der Waals surface area contributed by atoms with Gasteiger partial charge in [-0.05, 0) is 23.6 Å². The van der Waals surface area contributed by atoms with Gasteiger partial charge >= 0.3 is 6.03 Å². The van der Waals surface area contributed by atoms with Crippen molar-refractivity contribution in [3.05, 3.63) is 23.8 Å². The summed E-state index contributed by atoms with van der Waals surface area (Å²) >= 11 is 0. The van der Waals surface area contributed by atoms with Crippen LogP contribution in [0.4, 0.5) is 10.5 Å². The maximum atomic E-state index is 11.1. The Kier molecular flexibility index (Phi) is 3.77. The molecule has 0 aliphatic heterocycles. The Morgan fingerprint density at radius 3 is 2.50 bits per heavy atom. The second kappa shape index (κ2) is 4.88. The molecule has 2 amide bonds. The van der Waals surface area contributed by atoms with Gasteiger partial charge in [-0.15, -0.1) is 0 Å². The van der Waals surface area contributed by atoms with E-state index in [1.807, 2.05) is 18.2 Å². The van der Waals surface area contributed by atoms with Crippen LogP contribution in [0.5, 0.6) is 5.75 Å². The molecule has 0 unspecified atom stereocenters. The van der Waals surface area contributed by atoms with Crippen molar-refractivity contribution in [2.24, 2.45) is 5.73 Å². The number of amides is 2. The monoisotopic (exact) mass is 222 g/mol. The fourth-order valence-electron chi connectivity index (χ4n) is 1.45. The van der Waals surface area contributed by atoms with Crippen molar-refractivity contribution in [1.29, 1.82) is 0 Å². The molecular weight excluding hydrogens is 204 g/mol. The van der Waals surface area contributed by atoms with Crippen LogP contribution in [0.15, 0.2) is 18.2 Å². The number of anilines is 1. The third-order valence-corrected chi connectivity index (χ3v) is 2.56. The molecule has 0 fully saturated rings. The normalized spacial score (nSPS) is 10.3. The van der Waals surface area contributed by atoms with Gasteiger partial charge in [0.15, 0.2) is 0 Å². The van der Waals surface area contributed by atoms with Gasteiger partial charge in [0.2, 0.25) is 0 Å². The number of carbonyl (C=O) groups is 1. The first-order chi connectivity index (χ1) is 7.47. The maximum absolute atomic E-state index is 11.1. The molecule has 4 heteroatoms. The summed E-state index contributed by atoms with van der Waals surface area (Å²) in [6.07, 6.45) is 0. The fraction of sp³-hybridized carbons (Fsp3) is 0.417. The van der Waals surface area contributed by atoms with E-state index in [0.717, 1.165) is 5.56 Å². The average Bonchev–Trinajstić information content (AvgIpc) is 2.26. The zero-order valence-electron chi connectivity index (χ0n) is 10.2. The molecule has 1 aromatic rings. The van der Waals surface area contributed by atoms with Gasteiger partial charge < -0.3 is 10.5 Å². The second-order valence-corrected chi connectivity index (χ2v) is 3.98. The molecule has 1 aromatic carbocycles. The minimum atomic E-state index is -0.501. The molecule has 1 rings (SSSR count). The minimum absolute atomic E-state index is 0.394. The van der Waals surface area contributed by atoms with Crippen LogP contribution < -0.4 is 15.4 Å². The number of methoxy groups -OCH3 is 1. The lowest BCUT2D eigenvalue weighted by molar-refractivity contribution is 0.255. The lowest BCUT2D eigenvalue weighted by atomic mass is 10.0. The Balaban J connectivity index is 3.21. The van der Waals surface area contributed by atoms with Crippen molar-refractivity contribution in [3.8, 4) is 5.75 Å². The van der Waals surface area contributed by atoms with Crippen LogP contribution in [-0.4, -0.2) is 20.2 Å². The first kappa shape index (κ1) is 12.4. The van der Waals surface area contributed by atoms with E-state index in [1.165, 1.54) is 4.90 Å². The van der Waals surface area contributed by atoms with E-state index in [1.54, 1.807) is 14.2 Å². The van der Waals surface area contributed by atoms with Crippen molar-refractivity contribution >= 4 is 11.7 Å². The summed E-state index contributed by atoms with van der Waals surface area (Å²) in [7, 11) is 3.20. The smallest absolute Gasteiger partial charge is 0.319 e. The summed E-state index contributed by atoms with van der Waals surface area (Å²) in [5, 5.41) is 0. The number of rotatable bonds is 3. The van der Waals surface area contributed by atoms with Crippen molar-refractivity contribution in [3.63, 3.8) is 0 Å². The van der Waals surface area contributed by atoms with E-state index in [9.17, 15) is 4.79 Å². The first-order valence-corrected chi connectivity index (χ1v) is 5.18. The standard InChI is InChI=1S/C12H18N2O2/c1-8(2)9-5-6-11(16-4)10(7-9)14(3)12(13)15/h5-8H,1-4H3,(H2,13,15). The Morgan fingerprint density at radius 1 is 1.44 bits per heavy atom. The fourth-order valence-corrected chi connectivity index (χ4v) is 1.45. The highest BCUT2D eigenvalue weighted by Crippen LogP contribution is 2.30. The molecule has 0 saturated carbocycles. The number of hydrogen-bond acceptors (Lipinski definition) is 2. The maximum Gasteiger partial charge on any atom is 0.319 e. The molecule has 0 saturated heterocycles. The highest BCUT2D eigenvalue weighted by molar-refractivity contribution is 5.91. The number of urea groups is 1. The van der Waals surface area contributed by atoms with Crippen LogP contribution in [0.1, 0.15) is 25.3 Å². The van der Waals surface area contributed by atoms with Gasteiger partial charge in [0.05, 0.1) is 12.8 Å². The van der Waals surface area contributed by atoms with E-state index in [0.29, 0.717) is 17.4 Å². The zero-order valence-corrected chi connectivity index (χ0v) is 10.2. The molecular formula is C12H18N2O2. The number of nitrogens with two attached hydrogens (primary N) is 1. The van der Waals surface area contributed by atoms with Gasteiger partial charge in [0.25, 0.3) is 0 Å². The Morgan fingerprint density at radius 2 is 2.06 bits per heavy atom. The quantitative estimate of drug-likeness (QED) is 0.853. The Labute approximate surface area is 96.0 Å². The molecule has 16 heavy (non-hydrogen) atoms. The van der Waals surface area contributed by atoms with Crippen LogP contribution in [0, 0.1) is 0 Å². The number of nitrogens with zero attached hydrogens (tertiary/aromatic N) is 1. The second-order valence-electron chi connectivity index (χ2n) is 3.98. The molecule has 0 atom stereocenters. The molecule has 0 spiro atoms. The number of hydrogen-bond donors (Lipinski definition) is 1. The van der Waals surface area contributed by atoms with Crippen LogP contribution in [-0.2, 0) is 0 Å². The highest BCUT2D eigenvalue weighted by Gasteiger charge is 2.13. The van der Waals surface area contributed by atoms with Crippen LogP contribution >= 0.6 is 0 Å². The van der Waals surface area contributed by atoms with Gasteiger partial charge in [-0.1, -0.05) is 19.9 Å². The predicted octanol–water partition coefficient (Wildman–Crippen LogP) is 2.33. The van der Waals surface area contributed by atoms with Crippen molar-refractivity contribution in [1.82, 2.24) is 0 Å². The van der Waals surface area contributed by atoms with Crippen molar-refractivity contribution < 1.29 is 9.53 Å².